The fraction of sp³-hybridized carbons (Fsp3) is 0.333. The number of benzene rings is 1. The first-order valence-corrected chi connectivity index (χ1v) is 7.38. The SMILES string of the molecule is C[C@@]12C=C[C@@H](O1)[C@@H]1C(=O)N(c3ccc(Cl)cc3Cl)C(=O)[C@@H]12. The number of amides is 2. The second-order valence-corrected chi connectivity index (χ2v) is 6.58. The molecule has 1 aromatic carbocycles. The van der Waals surface area contributed by atoms with Gasteiger partial charge in [0.15, 0.2) is 0 Å². The molecule has 2 amide bonds. The van der Waals surface area contributed by atoms with E-state index in [1.54, 1.807) is 12.1 Å². The molecule has 3 aliphatic heterocycles. The molecule has 6 heteroatoms. The fourth-order valence-electron chi connectivity index (χ4n) is 3.55. The summed E-state index contributed by atoms with van der Waals surface area (Å²) in [6, 6.07) is 4.74. The zero-order valence-corrected chi connectivity index (χ0v) is 12.6. The first-order chi connectivity index (χ1) is 9.92. The van der Waals surface area contributed by atoms with Gasteiger partial charge >= 0.3 is 0 Å². The Morgan fingerprint density at radius 2 is 2.00 bits per heavy atom. The van der Waals surface area contributed by atoms with Crippen LogP contribution >= 0.6 is 23.2 Å². The summed E-state index contributed by atoms with van der Waals surface area (Å²) in [7, 11) is 0. The quantitative estimate of drug-likeness (QED) is 0.589. The van der Waals surface area contributed by atoms with Gasteiger partial charge in [0.05, 0.1) is 34.3 Å². The predicted octanol–water partition coefficient (Wildman–Crippen LogP) is 2.83. The van der Waals surface area contributed by atoms with Gasteiger partial charge in [-0.15, -0.1) is 0 Å². The maximum atomic E-state index is 12.7. The van der Waals surface area contributed by atoms with Crippen LogP contribution in [0.2, 0.25) is 10.0 Å². The maximum absolute atomic E-state index is 12.7. The molecule has 4 rings (SSSR count). The lowest BCUT2D eigenvalue weighted by atomic mass is 9.78. The van der Waals surface area contributed by atoms with Gasteiger partial charge in [0.2, 0.25) is 11.8 Å². The van der Waals surface area contributed by atoms with Crippen LogP contribution in [0.4, 0.5) is 5.69 Å². The van der Waals surface area contributed by atoms with Gasteiger partial charge in [0, 0.05) is 5.02 Å². The van der Waals surface area contributed by atoms with Crippen LogP contribution in [0, 0.1) is 11.8 Å². The number of nitrogens with zero attached hydrogens (tertiary/aromatic N) is 1. The Labute approximate surface area is 131 Å². The Kier molecular flexibility index (Phi) is 2.60. The second-order valence-electron chi connectivity index (χ2n) is 5.74. The number of carbonyl (C=O) groups is 2. The highest BCUT2D eigenvalue weighted by molar-refractivity contribution is 6.38. The standard InChI is InChI=1S/C15H11Cl2NO3/c1-15-5-4-10(21-15)11-12(15)14(20)18(13(11)19)9-3-2-7(16)6-8(9)17/h2-6,10-12H,1H3/t10-,11+,12-,15+/m1/s1. The van der Waals surface area contributed by atoms with Gasteiger partial charge in [-0.3, -0.25) is 9.59 Å². The Balaban J connectivity index is 1.80. The third kappa shape index (κ3) is 1.61. The van der Waals surface area contributed by atoms with Crippen LogP contribution < -0.4 is 4.90 Å². The molecule has 0 N–H and O–H groups in total. The van der Waals surface area contributed by atoms with Gasteiger partial charge in [0.1, 0.15) is 0 Å². The van der Waals surface area contributed by atoms with Gasteiger partial charge in [-0.1, -0.05) is 35.4 Å². The van der Waals surface area contributed by atoms with E-state index < -0.39 is 17.4 Å². The molecule has 0 saturated carbocycles. The number of ether oxygens (including phenoxy) is 1. The third-order valence-electron chi connectivity index (χ3n) is 4.48. The number of carbonyl (C=O) groups excluding carboxylic acids is 2. The fourth-order valence-corrected chi connectivity index (χ4v) is 4.05. The molecular weight excluding hydrogens is 313 g/mol. The summed E-state index contributed by atoms with van der Waals surface area (Å²) < 4.78 is 5.77. The molecule has 2 fully saturated rings. The van der Waals surface area contributed by atoms with Crippen LogP contribution in [0.25, 0.3) is 0 Å². The molecule has 0 spiro atoms. The van der Waals surface area contributed by atoms with Crippen molar-refractivity contribution in [1.82, 2.24) is 0 Å². The van der Waals surface area contributed by atoms with Gasteiger partial charge in [-0.2, -0.15) is 0 Å². The summed E-state index contributed by atoms with van der Waals surface area (Å²) in [4.78, 5) is 26.6. The summed E-state index contributed by atoms with van der Waals surface area (Å²) in [5, 5.41) is 0.746. The molecule has 1 aromatic rings. The van der Waals surface area contributed by atoms with Crippen LogP contribution in [0.15, 0.2) is 30.4 Å². The Morgan fingerprint density at radius 3 is 2.67 bits per heavy atom. The van der Waals surface area contributed by atoms with E-state index in [0.29, 0.717) is 10.7 Å². The van der Waals surface area contributed by atoms with Gasteiger partial charge in [-0.25, -0.2) is 4.90 Å². The highest BCUT2D eigenvalue weighted by atomic mass is 35.5. The summed E-state index contributed by atoms with van der Waals surface area (Å²) in [6.45, 7) is 1.84. The third-order valence-corrected chi connectivity index (χ3v) is 5.02. The average Bonchev–Trinajstić information content (AvgIpc) is 3.01. The minimum absolute atomic E-state index is 0.257. The van der Waals surface area contributed by atoms with E-state index in [1.165, 1.54) is 11.0 Å². The molecule has 0 unspecified atom stereocenters. The molecule has 2 bridgehead atoms. The molecular formula is C15H11Cl2NO3. The molecule has 0 aliphatic carbocycles. The largest absolute Gasteiger partial charge is 0.362 e. The monoisotopic (exact) mass is 323 g/mol. The molecule has 4 atom stereocenters. The van der Waals surface area contributed by atoms with Crippen molar-refractivity contribution in [1.29, 1.82) is 0 Å². The number of rotatable bonds is 1. The van der Waals surface area contributed by atoms with Crippen LogP contribution in [0.5, 0.6) is 0 Å². The van der Waals surface area contributed by atoms with E-state index in [9.17, 15) is 9.59 Å². The van der Waals surface area contributed by atoms with Crippen molar-refractivity contribution in [3.8, 4) is 0 Å². The van der Waals surface area contributed by atoms with Crippen molar-refractivity contribution in [2.75, 3.05) is 4.90 Å². The molecule has 0 aromatic heterocycles. The second kappa shape index (κ2) is 4.09. The molecule has 2 saturated heterocycles. The van der Waals surface area contributed by atoms with Gasteiger partial charge in [-0.05, 0) is 25.1 Å². The van der Waals surface area contributed by atoms with Gasteiger partial charge in [0.25, 0.3) is 0 Å². The highest BCUT2D eigenvalue weighted by Gasteiger charge is 2.66. The Hall–Kier alpha value is -1.36. The number of halogens is 2. The van der Waals surface area contributed by atoms with Crippen molar-refractivity contribution >= 4 is 40.7 Å². The lowest BCUT2D eigenvalue weighted by molar-refractivity contribution is -0.126. The Morgan fingerprint density at radius 1 is 1.24 bits per heavy atom. The van der Waals surface area contributed by atoms with Crippen molar-refractivity contribution < 1.29 is 14.3 Å². The zero-order valence-electron chi connectivity index (χ0n) is 11.0. The lowest BCUT2D eigenvalue weighted by Gasteiger charge is -2.24. The topological polar surface area (TPSA) is 46.6 Å². The molecule has 0 radical (unpaired) electrons. The van der Waals surface area contributed by atoms with Crippen LogP contribution in [0.1, 0.15) is 6.92 Å². The number of fused-ring (bicyclic) bond motifs is 5. The van der Waals surface area contributed by atoms with Crippen molar-refractivity contribution in [3.63, 3.8) is 0 Å². The first kappa shape index (κ1) is 13.3. The molecule has 3 heterocycles. The van der Waals surface area contributed by atoms with E-state index in [-0.39, 0.29) is 22.9 Å². The minimum atomic E-state index is -0.699. The molecule has 3 aliphatic rings. The number of imide groups is 1. The van der Waals surface area contributed by atoms with Crippen molar-refractivity contribution in [3.05, 3.63) is 40.4 Å². The van der Waals surface area contributed by atoms with E-state index in [1.807, 2.05) is 19.1 Å². The maximum Gasteiger partial charge on any atom is 0.241 e. The number of hydrogen-bond donors (Lipinski definition) is 0. The van der Waals surface area contributed by atoms with E-state index in [2.05, 4.69) is 0 Å². The molecule has 21 heavy (non-hydrogen) atoms. The van der Waals surface area contributed by atoms with Crippen LogP contribution in [0.3, 0.4) is 0 Å². The summed E-state index contributed by atoms with van der Waals surface area (Å²) >= 11 is 12.0. The molecule has 4 nitrogen and oxygen atoms in total. The Bertz CT molecular complexity index is 717. The van der Waals surface area contributed by atoms with E-state index in [0.717, 1.165) is 0 Å². The minimum Gasteiger partial charge on any atom is -0.362 e. The van der Waals surface area contributed by atoms with Crippen LogP contribution in [-0.2, 0) is 14.3 Å². The molecule has 108 valence electrons. The van der Waals surface area contributed by atoms with E-state index in [4.69, 9.17) is 27.9 Å². The van der Waals surface area contributed by atoms with Gasteiger partial charge < -0.3 is 4.74 Å². The number of anilines is 1. The number of hydrogen-bond acceptors (Lipinski definition) is 3. The zero-order chi connectivity index (χ0) is 14.9. The summed E-state index contributed by atoms with van der Waals surface area (Å²) in [5.41, 5.74) is -0.316. The average molecular weight is 324 g/mol. The lowest BCUT2D eigenvalue weighted by Crippen LogP contribution is -2.38. The van der Waals surface area contributed by atoms with E-state index >= 15 is 0 Å². The normalized spacial score (nSPS) is 36.7. The highest BCUT2D eigenvalue weighted by Crippen LogP contribution is 2.52. The summed E-state index contributed by atoms with van der Waals surface area (Å²) in [6.07, 6.45) is 3.41. The summed E-state index contributed by atoms with van der Waals surface area (Å²) in [5.74, 6) is -1.46. The first-order valence-electron chi connectivity index (χ1n) is 6.62. The van der Waals surface area contributed by atoms with Crippen molar-refractivity contribution in [2.45, 2.75) is 18.6 Å². The van der Waals surface area contributed by atoms with Crippen molar-refractivity contribution in [2.24, 2.45) is 11.8 Å². The smallest absolute Gasteiger partial charge is 0.241 e. The predicted molar refractivity (Wildman–Crippen MR) is 78.4 cm³/mol. The van der Waals surface area contributed by atoms with Crippen LogP contribution in [-0.4, -0.2) is 23.5 Å².